The second-order valence-corrected chi connectivity index (χ2v) is 6.33. The van der Waals surface area contributed by atoms with Crippen molar-refractivity contribution in [2.75, 3.05) is 18.5 Å². The summed E-state index contributed by atoms with van der Waals surface area (Å²) in [6.07, 6.45) is 1.49. The number of carbonyl (C=O) groups excluding carboxylic acids is 1. The van der Waals surface area contributed by atoms with Crippen molar-refractivity contribution in [3.05, 3.63) is 23.4 Å². The number of carbonyl (C=O) groups is 2. The average Bonchev–Trinajstić information content (AvgIpc) is 2.35. The van der Waals surface area contributed by atoms with Crippen LogP contribution in [0.1, 0.15) is 20.8 Å². The molecular formula is C14H20ClN3O3. The van der Waals surface area contributed by atoms with Gasteiger partial charge in [-0.2, -0.15) is 0 Å². The number of halogens is 1. The van der Waals surface area contributed by atoms with E-state index in [2.05, 4.69) is 10.3 Å². The highest BCUT2D eigenvalue weighted by atomic mass is 35.5. The number of nitrogens with one attached hydrogen (secondary N) is 1. The van der Waals surface area contributed by atoms with Crippen molar-refractivity contribution in [1.29, 1.82) is 0 Å². The molecule has 2 N–H and O–H groups in total. The highest BCUT2D eigenvalue weighted by molar-refractivity contribution is 6.30. The Labute approximate surface area is 129 Å². The maximum Gasteiger partial charge on any atom is 0.326 e. The van der Waals surface area contributed by atoms with Crippen LogP contribution in [0.4, 0.5) is 5.82 Å². The van der Waals surface area contributed by atoms with Gasteiger partial charge in [0.1, 0.15) is 11.9 Å². The predicted octanol–water partition coefficient (Wildman–Crippen LogP) is 1.79. The molecule has 0 fully saturated rings. The number of likely N-dealkylation sites (N-methyl/N-ethyl adjacent to an activating group) is 1. The minimum atomic E-state index is -1.05. The second kappa shape index (κ2) is 6.76. The van der Waals surface area contributed by atoms with E-state index in [1.165, 1.54) is 6.20 Å². The van der Waals surface area contributed by atoms with Crippen LogP contribution in [0.2, 0.25) is 5.02 Å². The van der Waals surface area contributed by atoms with Gasteiger partial charge in [0.05, 0.1) is 11.6 Å². The second-order valence-electron chi connectivity index (χ2n) is 5.90. The standard InChI is InChI=1S/C14H20ClN3O3/c1-14(2,3)12(13(20)21)17-11(19)8-18(4)10-6-5-9(15)7-16-10/h5-7,12H,8H2,1-4H3,(H,17,19)(H,20,21)/t12-/m0/s1. The molecule has 6 nitrogen and oxygen atoms in total. The molecule has 7 heteroatoms. The average molecular weight is 314 g/mol. The lowest BCUT2D eigenvalue weighted by Gasteiger charge is -2.28. The zero-order valence-electron chi connectivity index (χ0n) is 12.6. The van der Waals surface area contributed by atoms with Crippen molar-refractivity contribution in [3.63, 3.8) is 0 Å². The number of hydrogen-bond donors (Lipinski definition) is 2. The first-order chi connectivity index (χ1) is 9.61. The number of anilines is 1. The summed E-state index contributed by atoms with van der Waals surface area (Å²) >= 11 is 5.75. The third-order valence-corrected chi connectivity index (χ3v) is 3.13. The SMILES string of the molecule is CN(CC(=O)N[C@@H](C(=O)O)C(C)(C)C)c1ccc(Cl)cn1. The van der Waals surface area contributed by atoms with Crippen LogP contribution in [0, 0.1) is 5.41 Å². The van der Waals surface area contributed by atoms with E-state index in [9.17, 15) is 14.7 Å². The highest BCUT2D eigenvalue weighted by Crippen LogP contribution is 2.19. The fourth-order valence-corrected chi connectivity index (χ4v) is 1.86. The number of aromatic nitrogens is 1. The molecule has 0 radical (unpaired) electrons. The molecule has 0 aliphatic carbocycles. The van der Waals surface area contributed by atoms with E-state index in [4.69, 9.17) is 11.6 Å². The minimum Gasteiger partial charge on any atom is -0.480 e. The molecule has 1 aromatic rings. The molecule has 1 rings (SSSR count). The number of carboxylic acids is 1. The molecule has 116 valence electrons. The number of amides is 1. The third-order valence-electron chi connectivity index (χ3n) is 2.90. The number of hydrogen-bond acceptors (Lipinski definition) is 4. The summed E-state index contributed by atoms with van der Waals surface area (Å²) in [6.45, 7) is 5.29. The van der Waals surface area contributed by atoms with Crippen molar-refractivity contribution in [3.8, 4) is 0 Å². The Bertz CT molecular complexity index is 511. The third kappa shape index (κ3) is 5.23. The van der Waals surface area contributed by atoms with E-state index in [-0.39, 0.29) is 12.5 Å². The number of carboxylic acid groups (broad SMARTS) is 1. The van der Waals surface area contributed by atoms with Crippen LogP contribution in [-0.4, -0.2) is 41.6 Å². The summed E-state index contributed by atoms with van der Waals surface area (Å²) in [7, 11) is 1.70. The van der Waals surface area contributed by atoms with E-state index in [1.807, 2.05) is 0 Å². The predicted molar refractivity (Wildman–Crippen MR) is 81.5 cm³/mol. The lowest BCUT2D eigenvalue weighted by Crippen LogP contribution is -2.51. The zero-order chi connectivity index (χ0) is 16.2. The first kappa shape index (κ1) is 17.2. The molecule has 0 aromatic carbocycles. The molecule has 0 unspecified atom stereocenters. The Kier molecular flexibility index (Phi) is 5.54. The summed E-state index contributed by atoms with van der Waals surface area (Å²) in [5.41, 5.74) is -0.571. The molecular weight excluding hydrogens is 294 g/mol. The largest absolute Gasteiger partial charge is 0.480 e. The topological polar surface area (TPSA) is 82.5 Å². The lowest BCUT2D eigenvalue weighted by atomic mass is 9.87. The van der Waals surface area contributed by atoms with Gasteiger partial charge in [-0.15, -0.1) is 0 Å². The number of nitrogens with zero attached hydrogens (tertiary/aromatic N) is 2. The van der Waals surface area contributed by atoms with Gasteiger partial charge in [0, 0.05) is 13.2 Å². The Morgan fingerprint density at radius 3 is 2.48 bits per heavy atom. The van der Waals surface area contributed by atoms with Crippen molar-refractivity contribution < 1.29 is 14.7 Å². The van der Waals surface area contributed by atoms with Gasteiger partial charge < -0.3 is 15.3 Å². The molecule has 0 aliphatic rings. The molecule has 1 atom stereocenters. The molecule has 0 bridgehead atoms. The van der Waals surface area contributed by atoms with Crippen LogP contribution < -0.4 is 10.2 Å². The van der Waals surface area contributed by atoms with Crippen LogP contribution in [0.3, 0.4) is 0 Å². The van der Waals surface area contributed by atoms with Crippen LogP contribution in [0.15, 0.2) is 18.3 Å². The van der Waals surface area contributed by atoms with Crippen molar-refractivity contribution >= 4 is 29.3 Å². The van der Waals surface area contributed by atoms with Gasteiger partial charge in [-0.25, -0.2) is 9.78 Å². The van der Waals surface area contributed by atoms with Gasteiger partial charge in [-0.05, 0) is 17.5 Å². The number of aliphatic carboxylic acids is 1. The molecule has 0 aliphatic heterocycles. The quantitative estimate of drug-likeness (QED) is 0.866. The maximum absolute atomic E-state index is 12.0. The Morgan fingerprint density at radius 2 is 2.05 bits per heavy atom. The van der Waals surface area contributed by atoms with Gasteiger partial charge in [0.2, 0.25) is 5.91 Å². The van der Waals surface area contributed by atoms with Gasteiger partial charge in [-0.3, -0.25) is 4.79 Å². The van der Waals surface area contributed by atoms with Crippen LogP contribution >= 0.6 is 11.6 Å². The number of pyridine rings is 1. The van der Waals surface area contributed by atoms with Gasteiger partial charge in [0.15, 0.2) is 0 Å². The van der Waals surface area contributed by atoms with Crippen molar-refractivity contribution in [2.24, 2.45) is 5.41 Å². The Morgan fingerprint density at radius 1 is 1.43 bits per heavy atom. The molecule has 1 aromatic heterocycles. The first-order valence-electron chi connectivity index (χ1n) is 6.46. The highest BCUT2D eigenvalue weighted by Gasteiger charge is 2.32. The molecule has 0 saturated heterocycles. The monoisotopic (exact) mass is 313 g/mol. The van der Waals surface area contributed by atoms with Gasteiger partial charge in [-0.1, -0.05) is 32.4 Å². The van der Waals surface area contributed by atoms with Crippen LogP contribution in [0.5, 0.6) is 0 Å². The van der Waals surface area contributed by atoms with Crippen molar-refractivity contribution in [1.82, 2.24) is 10.3 Å². The summed E-state index contributed by atoms with van der Waals surface area (Å²) in [4.78, 5) is 28.9. The molecule has 0 spiro atoms. The Hall–Kier alpha value is -1.82. The summed E-state index contributed by atoms with van der Waals surface area (Å²) in [5, 5.41) is 12.2. The van der Waals surface area contributed by atoms with E-state index in [0.29, 0.717) is 10.8 Å². The van der Waals surface area contributed by atoms with E-state index in [0.717, 1.165) is 0 Å². The van der Waals surface area contributed by atoms with Gasteiger partial charge >= 0.3 is 5.97 Å². The zero-order valence-corrected chi connectivity index (χ0v) is 13.3. The van der Waals surface area contributed by atoms with Crippen LogP contribution in [-0.2, 0) is 9.59 Å². The summed E-state index contributed by atoms with van der Waals surface area (Å²) < 4.78 is 0. The molecule has 1 amide bonds. The van der Waals surface area contributed by atoms with E-state index < -0.39 is 17.4 Å². The van der Waals surface area contributed by atoms with Crippen molar-refractivity contribution in [2.45, 2.75) is 26.8 Å². The van der Waals surface area contributed by atoms with E-state index >= 15 is 0 Å². The van der Waals surface area contributed by atoms with E-state index in [1.54, 1.807) is 44.9 Å². The number of rotatable bonds is 5. The normalized spacial score (nSPS) is 12.6. The van der Waals surface area contributed by atoms with Crippen LogP contribution in [0.25, 0.3) is 0 Å². The fourth-order valence-electron chi connectivity index (χ4n) is 1.75. The maximum atomic E-state index is 12.0. The first-order valence-corrected chi connectivity index (χ1v) is 6.84. The molecule has 21 heavy (non-hydrogen) atoms. The van der Waals surface area contributed by atoms with Gasteiger partial charge in [0.25, 0.3) is 0 Å². The minimum absolute atomic E-state index is 0.00842. The lowest BCUT2D eigenvalue weighted by molar-refractivity contribution is -0.144. The fraction of sp³-hybridized carbons (Fsp3) is 0.500. The summed E-state index contributed by atoms with van der Waals surface area (Å²) in [5.74, 6) is -0.850. The molecule has 0 saturated carbocycles. The smallest absolute Gasteiger partial charge is 0.326 e. The summed E-state index contributed by atoms with van der Waals surface area (Å²) in [6, 6.07) is 2.42. The molecule has 1 heterocycles. The Balaban J connectivity index is 2.68.